The lowest BCUT2D eigenvalue weighted by Gasteiger charge is -2.36. The lowest BCUT2D eigenvalue weighted by Crippen LogP contribution is -2.47. The molecule has 39 heavy (non-hydrogen) atoms. The van der Waals surface area contributed by atoms with E-state index in [4.69, 9.17) is 14.6 Å². The van der Waals surface area contributed by atoms with E-state index in [9.17, 15) is 14.4 Å². The van der Waals surface area contributed by atoms with Gasteiger partial charge in [0.05, 0.1) is 40.4 Å². The third kappa shape index (κ3) is 5.45. The second kappa shape index (κ2) is 11.5. The lowest BCUT2D eigenvalue weighted by atomic mass is 9.76. The molecule has 0 unspecified atom stereocenters. The van der Waals surface area contributed by atoms with Gasteiger partial charge in [0.25, 0.3) is 11.8 Å². The van der Waals surface area contributed by atoms with E-state index in [2.05, 4.69) is 10.2 Å². The second-order valence-corrected chi connectivity index (χ2v) is 11.0. The Kier molecular flexibility index (Phi) is 8.04. The first kappa shape index (κ1) is 27.3. The molecule has 2 saturated heterocycles. The van der Waals surface area contributed by atoms with Gasteiger partial charge in [-0.05, 0) is 62.8 Å². The number of aromatic nitrogens is 2. The highest BCUT2D eigenvalue weighted by Crippen LogP contribution is 2.38. The Hall–Kier alpha value is -3.24. The molecule has 3 aliphatic rings. The van der Waals surface area contributed by atoms with E-state index < -0.39 is 5.97 Å². The van der Waals surface area contributed by atoms with Crippen LogP contribution >= 0.6 is 0 Å². The van der Waals surface area contributed by atoms with Gasteiger partial charge < -0.3 is 24.6 Å². The van der Waals surface area contributed by atoms with Crippen LogP contribution in [0.3, 0.4) is 0 Å². The second-order valence-electron chi connectivity index (χ2n) is 11.0. The molecule has 2 aromatic rings. The van der Waals surface area contributed by atoms with Gasteiger partial charge in [-0.25, -0.2) is 9.48 Å². The third-order valence-electron chi connectivity index (χ3n) is 8.26. The number of fused-ring (bicyclic) bond motifs is 1. The summed E-state index contributed by atoms with van der Waals surface area (Å²) in [5, 5.41) is 8.05. The molecule has 1 aromatic carbocycles. The van der Waals surface area contributed by atoms with Crippen LogP contribution in [0.2, 0.25) is 0 Å². The highest BCUT2D eigenvalue weighted by atomic mass is 16.5. The normalized spacial score (nSPS) is 19.4. The Morgan fingerprint density at radius 1 is 1.13 bits per heavy atom. The summed E-state index contributed by atoms with van der Waals surface area (Å²) in [5.74, 6) is -0.682. The van der Waals surface area contributed by atoms with Gasteiger partial charge in [0, 0.05) is 45.9 Å². The first-order chi connectivity index (χ1) is 18.9. The molecule has 0 saturated carbocycles. The molecule has 0 radical (unpaired) electrons. The van der Waals surface area contributed by atoms with Crippen LogP contribution in [0.4, 0.5) is 0 Å². The number of nitrogens with zero attached hydrogens (tertiary/aromatic N) is 4. The van der Waals surface area contributed by atoms with Crippen LogP contribution in [-0.4, -0.2) is 97.0 Å². The van der Waals surface area contributed by atoms with Crippen LogP contribution in [-0.2, 0) is 22.3 Å². The zero-order chi connectivity index (χ0) is 27.6. The molecular weight excluding hydrogens is 498 g/mol. The molecule has 210 valence electrons. The number of hydrogen-bond donors (Lipinski definition) is 1. The van der Waals surface area contributed by atoms with Crippen LogP contribution in [0.5, 0.6) is 0 Å². The molecule has 2 fully saturated rings. The number of aryl methyl sites for hydroxylation is 1. The molecule has 4 heterocycles. The molecule has 3 aliphatic heterocycles. The minimum atomic E-state index is -0.440. The minimum Gasteiger partial charge on any atom is -0.462 e. The van der Waals surface area contributed by atoms with Crippen molar-refractivity contribution in [1.82, 2.24) is 24.9 Å². The van der Waals surface area contributed by atoms with Crippen LogP contribution in [0.15, 0.2) is 18.2 Å². The number of ether oxygens (including phenoxy) is 2. The molecule has 5 rings (SSSR count). The molecule has 0 bridgehead atoms. The molecule has 1 aromatic heterocycles. The summed E-state index contributed by atoms with van der Waals surface area (Å²) in [4.78, 5) is 44.2. The summed E-state index contributed by atoms with van der Waals surface area (Å²) in [6.45, 7) is 8.94. The molecule has 10 heteroatoms. The van der Waals surface area contributed by atoms with Crippen molar-refractivity contribution in [2.75, 3.05) is 59.6 Å². The van der Waals surface area contributed by atoms with Crippen molar-refractivity contribution in [3.63, 3.8) is 0 Å². The zero-order valence-corrected chi connectivity index (χ0v) is 23.3. The number of amides is 2. The average molecular weight is 538 g/mol. The number of hydrogen-bond acceptors (Lipinski definition) is 7. The van der Waals surface area contributed by atoms with E-state index in [-0.39, 0.29) is 17.2 Å². The Bertz CT molecular complexity index is 1240. The fourth-order valence-electron chi connectivity index (χ4n) is 5.78. The number of piperazine rings is 1. The minimum absolute atomic E-state index is 0.104. The highest BCUT2D eigenvalue weighted by Gasteiger charge is 2.40. The Morgan fingerprint density at radius 3 is 2.56 bits per heavy atom. The van der Waals surface area contributed by atoms with Crippen molar-refractivity contribution in [1.29, 1.82) is 0 Å². The molecule has 2 amide bonds. The highest BCUT2D eigenvalue weighted by molar-refractivity contribution is 6.01. The summed E-state index contributed by atoms with van der Waals surface area (Å²) in [6, 6.07) is 5.06. The summed E-state index contributed by atoms with van der Waals surface area (Å²) in [5.41, 5.74) is 3.23. The van der Waals surface area contributed by atoms with Crippen LogP contribution in [0.25, 0.3) is 5.69 Å². The summed E-state index contributed by atoms with van der Waals surface area (Å²) in [7, 11) is 2.05. The number of carbonyl (C=O) groups excluding carboxylic acids is 3. The van der Waals surface area contributed by atoms with E-state index in [1.807, 2.05) is 25.8 Å². The molecule has 1 N–H and O–H groups in total. The topological polar surface area (TPSA) is 106 Å². The summed E-state index contributed by atoms with van der Waals surface area (Å²) >= 11 is 0. The van der Waals surface area contributed by atoms with Crippen LogP contribution < -0.4 is 5.32 Å². The van der Waals surface area contributed by atoms with Gasteiger partial charge in [0.15, 0.2) is 0 Å². The van der Waals surface area contributed by atoms with Crippen molar-refractivity contribution in [3.8, 4) is 5.69 Å². The SMILES string of the molecule is CCCOC(=O)c1ccc(C(=O)N2CCN(C)CC2)c(-n2nc(CC)c3c2CC2(CCOCC2)CNC3=O)c1. The number of benzene rings is 1. The maximum Gasteiger partial charge on any atom is 0.338 e. The predicted molar refractivity (Wildman–Crippen MR) is 145 cm³/mol. The Balaban J connectivity index is 1.64. The Morgan fingerprint density at radius 2 is 1.87 bits per heavy atom. The number of nitrogens with one attached hydrogen (secondary N) is 1. The van der Waals surface area contributed by atoms with E-state index in [0.717, 1.165) is 31.6 Å². The third-order valence-corrected chi connectivity index (χ3v) is 8.26. The smallest absolute Gasteiger partial charge is 0.338 e. The van der Waals surface area contributed by atoms with Crippen molar-refractivity contribution in [2.24, 2.45) is 5.41 Å². The maximum atomic E-state index is 13.9. The monoisotopic (exact) mass is 537 g/mol. The summed E-state index contributed by atoms with van der Waals surface area (Å²) in [6.07, 6.45) is 3.57. The van der Waals surface area contributed by atoms with Gasteiger partial charge >= 0.3 is 5.97 Å². The first-order valence-corrected chi connectivity index (χ1v) is 14.1. The molecule has 0 atom stereocenters. The van der Waals surface area contributed by atoms with Gasteiger partial charge in [0.1, 0.15) is 0 Å². The fourth-order valence-corrected chi connectivity index (χ4v) is 5.78. The van der Waals surface area contributed by atoms with E-state index >= 15 is 0 Å². The van der Waals surface area contributed by atoms with Gasteiger partial charge in [-0.2, -0.15) is 5.10 Å². The van der Waals surface area contributed by atoms with Gasteiger partial charge in [-0.15, -0.1) is 0 Å². The first-order valence-electron chi connectivity index (χ1n) is 14.1. The van der Waals surface area contributed by atoms with E-state index in [1.54, 1.807) is 22.9 Å². The quantitative estimate of drug-likeness (QED) is 0.565. The maximum absolute atomic E-state index is 13.9. The lowest BCUT2D eigenvalue weighted by molar-refractivity contribution is 0.0155. The van der Waals surface area contributed by atoms with Crippen molar-refractivity contribution in [2.45, 2.75) is 46.0 Å². The van der Waals surface area contributed by atoms with Crippen molar-refractivity contribution >= 4 is 17.8 Å². The fraction of sp³-hybridized carbons (Fsp3) is 0.586. The van der Waals surface area contributed by atoms with E-state index in [1.165, 1.54) is 0 Å². The van der Waals surface area contributed by atoms with Crippen LogP contribution in [0, 0.1) is 5.41 Å². The largest absolute Gasteiger partial charge is 0.462 e. The van der Waals surface area contributed by atoms with Gasteiger partial charge in [-0.3, -0.25) is 9.59 Å². The van der Waals surface area contributed by atoms with Gasteiger partial charge in [-0.1, -0.05) is 13.8 Å². The number of carbonyl (C=O) groups is 3. The van der Waals surface area contributed by atoms with E-state index in [0.29, 0.717) is 86.8 Å². The molecule has 10 nitrogen and oxygen atoms in total. The van der Waals surface area contributed by atoms with Crippen LogP contribution in [0.1, 0.15) is 75.6 Å². The molecular formula is C29H39N5O5. The number of esters is 1. The van der Waals surface area contributed by atoms with Crippen molar-refractivity contribution in [3.05, 3.63) is 46.3 Å². The number of likely N-dealkylation sites (N-methyl/N-ethyl adjacent to an activating group) is 1. The number of rotatable bonds is 6. The Labute approximate surface area is 229 Å². The molecule has 0 aliphatic carbocycles. The summed E-state index contributed by atoms with van der Waals surface area (Å²) < 4.78 is 12.8. The zero-order valence-electron chi connectivity index (χ0n) is 23.3. The van der Waals surface area contributed by atoms with Gasteiger partial charge in [0.2, 0.25) is 0 Å². The molecule has 1 spiro atoms. The predicted octanol–water partition coefficient (Wildman–Crippen LogP) is 2.47. The standard InChI is InChI=1S/C29H39N5O5/c1-4-14-39-28(37)20-6-7-21(27(36)33-12-10-32(3)11-13-33)23(17-20)34-24-18-29(8-15-38-16-9-29)19-30-26(35)25(24)22(5-2)31-34/h6-7,17H,4-5,8-16,18-19H2,1-3H3,(H,30,35). The van der Waals surface area contributed by atoms with Crippen molar-refractivity contribution < 1.29 is 23.9 Å². The average Bonchev–Trinajstić information content (AvgIpc) is 3.26.